The van der Waals surface area contributed by atoms with Crippen molar-refractivity contribution in [2.45, 2.75) is 102 Å². The van der Waals surface area contributed by atoms with Crippen molar-refractivity contribution in [2.24, 2.45) is 5.92 Å². The van der Waals surface area contributed by atoms with E-state index in [1.165, 1.54) is 13.8 Å². The molecule has 2 aromatic heterocycles. The van der Waals surface area contributed by atoms with Crippen LogP contribution in [0.5, 0.6) is 6.01 Å². The number of fused-ring (bicyclic) bond motifs is 6. The summed E-state index contributed by atoms with van der Waals surface area (Å²) < 4.78 is 106. The third-order valence-electron chi connectivity index (χ3n) is 12.3. The second kappa shape index (κ2) is 14.7. The van der Waals surface area contributed by atoms with E-state index in [9.17, 15) is 31.5 Å². The number of piperazine rings is 1. The molecule has 316 valence electrons. The molecule has 1 amide bonds. The Morgan fingerprint density at radius 1 is 1.10 bits per heavy atom. The fraction of sp³-hybridized carbons (Fsp3) is 0.525. The molecule has 0 radical (unpaired) electrons. The molecule has 2 bridgehead atoms. The Bertz CT molecular complexity index is 2320. The van der Waals surface area contributed by atoms with Crippen LogP contribution in [0.4, 0.5) is 42.8 Å². The second-order valence-corrected chi connectivity index (χ2v) is 16.7. The molecule has 5 aliphatic rings. The number of anilines is 2. The lowest BCUT2D eigenvalue weighted by Gasteiger charge is -2.46. The fourth-order valence-electron chi connectivity index (χ4n) is 9.68. The van der Waals surface area contributed by atoms with E-state index in [0.717, 1.165) is 12.5 Å². The number of amides is 1. The van der Waals surface area contributed by atoms with Gasteiger partial charge in [-0.2, -0.15) is 31.9 Å². The zero-order valence-corrected chi connectivity index (χ0v) is 33.4. The van der Waals surface area contributed by atoms with Crippen molar-refractivity contribution >= 4 is 51.8 Å². The maximum absolute atomic E-state index is 17.4. The van der Waals surface area contributed by atoms with Crippen molar-refractivity contribution in [3.63, 3.8) is 0 Å². The van der Waals surface area contributed by atoms with E-state index in [2.05, 4.69) is 16.5 Å². The molecule has 12 nitrogen and oxygen atoms in total. The van der Waals surface area contributed by atoms with Crippen LogP contribution in [-0.2, 0) is 20.4 Å². The third kappa shape index (κ3) is 6.88. The summed E-state index contributed by atoms with van der Waals surface area (Å²) in [5.41, 5.74) is 2.04. The summed E-state index contributed by atoms with van der Waals surface area (Å²) in [6.07, 6.45) is -6.15. The highest BCUT2D eigenvalue weighted by molar-refractivity contribution is 6.37. The van der Waals surface area contributed by atoms with E-state index in [1.807, 2.05) is 9.80 Å². The van der Waals surface area contributed by atoms with Gasteiger partial charge in [-0.3, -0.25) is 14.6 Å². The Morgan fingerprint density at radius 2 is 1.85 bits per heavy atom. The second-order valence-electron chi connectivity index (χ2n) is 16.4. The molecule has 59 heavy (non-hydrogen) atoms. The normalized spacial score (nSPS) is 24.4. The lowest BCUT2D eigenvalue weighted by Crippen LogP contribution is -2.61. The molecule has 2 N–H and O–H groups in total. The summed E-state index contributed by atoms with van der Waals surface area (Å²) in [6, 6.07) is -0.861. The Labute approximate surface area is 340 Å². The van der Waals surface area contributed by atoms with E-state index >= 15 is 4.39 Å². The zero-order valence-electron chi connectivity index (χ0n) is 32.7. The molecule has 4 saturated heterocycles. The highest BCUT2D eigenvalue weighted by atomic mass is 35.5. The Hall–Kier alpha value is -4.84. The third-order valence-corrected chi connectivity index (χ3v) is 12.6. The lowest BCUT2D eigenvalue weighted by molar-refractivity contribution is -0.170. The van der Waals surface area contributed by atoms with Crippen LogP contribution in [0.25, 0.3) is 27.7 Å². The number of esters is 1. The SMILES string of the molecule is C=C1C[C@H]2[C@@H]3CC[C@H](CN2c2nc(OC[C@@]45CCCN4CC(=C(F)F)C5)nc4c(F)c(-c5nc(N)cc(C)c5C(F)(F)F)c(Cl)c1c24)N3C(=O)OC(C)OC(=O)C(C)C. The first kappa shape index (κ1) is 40.9. The van der Waals surface area contributed by atoms with Gasteiger partial charge in [-0.25, -0.2) is 14.2 Å². The molecule has 5 aliphatic heterocycles. The highest BCUT2D eigenvalue weighted by Crippen LogP contribution is 2.52. The monoisotopic (exact) mass is 849 g/mol. The molecule has 3 aromatic rings. The summed E-state index contributed by atoms with van der Waals surface area (Å²) in [5, 5.41) is -0.344. The number of hydrogen-bond donors (Lipinski definition) is 1. The van der Waals surface area contributed by atoms with Gasteiger partial charge in [0.2, 0.25) is 6.29 Å². The van der Waals surface area contributed by atoms with E-state index in [0.29, 0.717) is 31.4 Å². The zero-order chi connectivity index (χ0) is 42.5. The number of alkyl halides is 3. The smallest absolute Gasteiger partial charge is 0.418 e. The Morgan fingerprint density at radius 3 is 2.54 bits per heavy atom. The van der Waals surface area contributed by atoms with Gasteiger partial charge >= 0.3 is 24.2 Å². The average molecular weight is 850 g/mol. The van der Waals surface area contributed by atoms with Gasteiger partial charge in [0.15, 0.2) is 5.82 Å². The van der Waals surface area contributed by atoms with Crippen LogP contribution in [-0.4, -0.2) is 93.0 Å². The van der Waals surface area contributed by atoms with E-state index in [4.69, 9.17) is 36.5 Å². The van der Waals surface area contributed by atoms with Gasteiger partial charge in [0.1, 0.15) is 23.8 Å². The number of benzene rings is 1. The van der Waals surface area contributed by atoms with Crippen LogP contribution < -0.4 is 15.4 Å². The van der Waals surface area contributed by atoms with Crippen LogP contribution in [0.1, 0.15) is 76.0 Å². The predicted octanol–water partition coefficient (Wildman–Crippen LogP) is 8.28. The molecule has 5 atom stereocenters. The first-order valence-electron chi connectivity index (χ1n) is 19.4. The standard InChI is InChI=1S/C40H42ClF6N7O5/c1-17(2)36(55)58-20(5)59-38(56)54-22-7-8-23(54)24-11-18(3)26-27-33(31(42)28(30(26)41)32-29(40(45,46)47)19(4)12-25(48)49-32)50-37(51-35(27)53(24)15-22)57-16-39-9-6-10-52(39)14-21(13-39)34(43)44/h12,17,20,22-24H,3,6-11,13-16H2,1-2,4-5H3,(H2,48,49)/t20?,22-,23+,24+,39+/m1/s1. The molecule has 4 fully saturated rings. The van der Waals surface area contributed by atoms with Crippen molar-refractivity contribution in [1.82, 2.24) is 24.8 Å². The number of ether oxygens (including phenoxy) is 3. The largest absolute Gasteiger partial charge is 0.461 e. The molecule has 0 aliphatic carbocycles. The van der Waals surface area contributed by atoms with Crippen LogP contribution >= 0.6 is 11.6 Å². The van der Waals surface area contributed by atoms with Gasteiger partial charge in [0.05, 0.1) is 56.8 Å². The van der Waals surface area contributed by atoms with Crippen molar-refractivity contribution in [1.29, 1.82) is 0 Å². The van der Waals surface area contributed by atoms with Gasteiger partial charge in [0.25, 0.3) is 6.08 Å². The summed E-state index contributed by atoms with van der Waals surface area (Å²) >= 11 is 7.04. The van der Waals surface area contributed by atoms with Crippen molar-refractivity contribution in [3.05, 3.63) is 51.8 Å². The predicted molar refractivity (Wildman–Crippen MR) is 205 cm³/mol. The summed E-state index contributed by atoms with van der Waals surface area (Å²) in [4.78, 5) is 44.6. The molecule has 0 saturated carbocycles. The number of nitrogens with zero attached hydrogens (tertiary/aromatic N) is 6. The minimum absolute atomic E-state index is 0.000353. The maximum atomic E-state index is 17.4. The summed E-state index contributed by atoms with van der Waals surface area (Å²) in [6.45, 7) is 10.9. The minimum atomic E-state index is -5.00. The Balaban J connectivity index is 1.26. The minimum Gasteiger partial charge on any atom is -0.461 e. The number of carbonyl (C=O) groups excluding carboxylic acids is 2. The van der Waals surface area contributed by atoms with Gasteiger partial charge in [0, 0.05) is 31.1 Å². The summed E-state index contributed by atoms with van der Waals surface area (Å²) in [5.74, 6) is -2.39. The number of carbonyl (C=O) groups is 2. The van der Waals surface area contributed by atoms with E-state index in [-0.39, 0.29) is 72.3 Å². The average Bonchev–Trinajstić information content (AvgIpc) is 3.78. The van der Waals surface area contributed by atoms with Gasteiger partial charge in [-0.05, 0) is 69.2 Å². The molecule has 1 unspecified atom stereocenters. The number of pyridine rings is 1. The number of nitrogens with two attached hydrogens (primary N) is 1. The number of aryl methyl sites for hydroxylation is 1. The highest BCUT2D eigenvalue weighted by Gasteiger charge is 2.52. The Kier molecular flexibility index (Phi) is 10.2. The van der Waals surface area contributed by atoms with Crippen molar-refractivity contribution in [2.75, 3.05) is 36.9 Å². The van der Waals surface area contributed by atoms with Crippen molar-refractivity contribution in [3.8, 4) is 17.3 Å². The number of nitrogen functional groups attached to an aromatic ring is 1. The molecule has 0 spiro atoms. The van der Waals surface area contributed by atoms with Crippen LogP contribution in [0, 0.1) is 18.7 Å². The molecule has 8 rings (SSSR count). The van der Waals surface area contributed by atoms with Crippen LogP contribution in [0.15, 0.2) is 24.3 Å². The van der Waals surface area contributed by atoms with Gasteiger partial charge < -0.3 is 24.8 Å². The van der Waals surface area contributed by atoms with Crippen molar-refractivity contribution < 1.29 is 50.1 Å². The van der Waals surface area contributed by atoms with E-state index in [1.54, 1.807) is 18.7 Å². The number of halogens is 7. The first-order chi connectivity index (χ1) is 27.8. The van der Waals surface area contributed by atoms with Crippen LogP contribution in [0.3, 0.4) is 0 Å². The van der Waals surface area contributed by atoms with Crippen LogP contribution in [0.2, 0.25) is 5.02 Å². The topological polar surface area (TPSA) is 136 Å². The number of hydrogen-bond acceptors (Lipinski definition) is 11. The number of aromatic nitrogens is 3. The molecular formula is C40H42ClF6N7O5. The molecule has 7 heterocycles. The quantitative estimate of drug-likeness (QED) is 0.140. The lowest BCUT2D eigenvalue weighted by atomic mass is 9.91. The number of rotatable bonds is 7. The maximum Gasteiger partial charge on any atom is 0.418 e. The summed E-state index contributed by atoms with van der Waals surface area (Å²) in [7, 11) is 0. The molecule has 1 aromatic carbocycles. The van der Waals surface area contributed by atoms with Gasteiger partial charge in [-0.1, -0.05) is 32.0 Å². The molecule has 19 heteroatoms. The first-order valence-corrected chi connectivity index (χ1v) is 19.8. The van der Waals surface area contributed by atoms with E-state index < -0.39 is 93.4 Å². The van der Waals surface area contributed by atoms with Gasteiger partial charge in [-0.15, -0.1) is 0 Å². The fourth-order valence-corrected chi connectivity index (χ4v) is 10.1. The molecular weight excluding hydrogens is 808 g/mol.